The van der Waals surface area contributed by atoms with Crippen molar-refractivity contribution in [3.8, 4) is 5.75 Å². The van der Waals surface area contributed by atoms with Gasteiger partial charge < -0.3 is 10.1 Å². The molecule has 0 bridgehead atoms. The van der Waals surface area contributed by atoms with Gasteiger partial charge >= 0.3 is 0 Å². The molecule has 0 fully saturated rings. The number of rotatable bonds is 7. The van der Waals surface area contributed by atoms with E-state index in [1.807, 2.05) is 54.6 Å². The molecule has 0 spiro atoms. The van der Waals surface area contributed by atoms with Gasteiger partial charge in [-0.25, -0.2) is 0 Å². The van der Waals surface area contributed by atoms with Gasteiger partial charge in [-0.3, -0.25) is 4.79 Å². The Hall–Kier alpha value is -1.81. The number of hydrogen-bond donors (Lipinski definition) is 1. The lowest BCUT2D eigenvalue weighted by Gasteiger charge is -2.08. The van der Waals surface area contributed by atoms with Crippen molar-refractivity contribution in [3.05, 3.63) is 64.6 Å². The van der Waals surface area contributed by atoms with Crippen LogP contribution in [0.5, 0.6) is 5.75 Å². The van der Waals surface area contributed by atoms with Crippen molar-refractivity contribution in [1.29, 1.82) is 0 Å². The zero-order valence-corrected chi connectivity index (χ0v) is 13.3. The molecule has 0 saturated heterocycles. The number of halogens is 1. The van der Waals surface area contributed by atoms with E-state index >= 15 is 0 Å². The van der Waals surface area contributed by atoms with Crippen molar-refractivity contribution in [2.75, 3.05) is 13.2 Å². The Kier molecular flexibility index (Phi) is 6.28. The third-order valence-electron chi connectivity index (χ3n) is 2.99. The molecule has 4 heteroatoms. The van der Waals surface area contributed by atoms with Crippen LogP contribution in [0.2, 0.25) is 0 Å². The first-order valence-corrected chi connectivity index (χ1v) is 7.72. The Balaban J connectivity index is 1.60. The lowest BCUT2D eigenvalue weighted by atomic mass is 10.1. The van der Waals surface area contributed by atoms with Crippen molar-refractivity contribution in [3.63, 3.8) is 0 Å². The SMILES string of the molecule is O=C(CCc1ccccc1)NCCOc1ccc(Br)cc1. The molecule has 110 valence electrons. The minimum absolute atomic E-state index is 0.0539. The zero-order valence-electron chi connectivity index (χ0n) is 11.7. The van der Waals surface area contributed by atoms with E-state index in [9.17, 15) is 4.79 Å². The maximum absolute atomic E-state index is 11.7. The maximum atomic E-state index is 11.7. The van der Waals surface area contributed by atoms with Crippen LogP contribution in [0.4, 0.5) is 0 Å². The minimum Gasteiger partial charge on any atom is -0.492 e. The smallest absolute Gasteiger partial charge is 0.220 e. The molecule has 0 aliphatic heterocycles. The van der Waals surface area contributed by atoms with Gasteiger partial charge in [-0.15, -0.1) is 0 Å². The number of carbonyl (C=O) groups excluding carboxylic acids is 1. The van der Waals surface area contributed by atoms with Crippen molar-refractivity contribution in [2.45, 2.75) is 12.8 Å². The Labute approximate surface area is 133 Å². The molecule has 2 aromatic rings. The van der Waals surface area contributed by atoms with Crippen LogP contribution >= 0.6 is 15.9 Å². The molecule has 0 heterocycles. The third-order valence-corrected chi connectivity index (χ3v) is 3.52. The topological polar surface area (TPSA) is 38.3 Å². The molecule has 2 aromatic carbocycles. The van der Waals surface area contributed by atoms with E-state index in [0.29, 0.717) is 19.6 Å². The lowest BCUT2D eigenvalue weighted by molar-refractivity contribution is -0.121. The average molecular weight is 348 g/mol. The molecule has 0 aromatic heterocycles. The van der Waals surface area contributed by atoms with Gasteiger partial charge in [-0.05, 0) is 36.2 Å². The predicted molar refractivity (Wildman–Crippen MR) is 87.4 cm³/mol. The number of hydrogen-bond acceptors (Lipinski definition) is 2. The maximum Gasteiger partial charge on any atom is 0.220 e. The Morgan fingerprint density at radius 3 is 2.48 bits per heavy atom. The highest BCUT2D eigenvalue weighted by atomic mass is 79.9. The largest absolute Gasteiger partial charge is 0.492 e. The summed E-state index contributed by atoms with van der Waals surface area (Å²) in [6.07, 6.45) is 1.27. The van der Waals surface area contributed by atoms with Crippen molar-refractivity contribution >= 4 is 21.8 Å². The van der Waals surface area contributed by atoms with E-state index in [1.165, 1.54) is 5.56 Å². The molecule has 0 aliphatic carbocycles. The highest BCUT2D eigenvalue weighted by molar-refractivity contribution is 9.10. The fourth-order valence-corrected chi connectivity index (χ4v) is 2.15. The fraction of sp³-hybridized carbons (Fsp3) is 0.235. The summed E-state index contributed by atoms with van der Waals surface area (Å²) in [7, 11) is 0. The second-order valence-corrected chi connectivity index (χ2v) is 5.55. The van der Waals surface area contributed by atoms with Gasteiger partial charge in [0, 0.05) is 10.9 Å². The third kappa shape index (κ3) is 6.00. The number of benzene rings is 2. The van der Waals surface area contributed by atoms with Crippen LogP contribution in [0.15, 0.2) is 59.1 Å². The summed E-state index contributed by atoms with van der Waals surface area (Å²) in [5, 5.41) is 2.86. The van der Waals surface area contributed by atoms with Crippen LogP contribution in [0.1, 0.15) is 12.0 Å². The predicted octanol–water partition coefficient (Wildman–Crippen LogP) is 3.58. The molecule has 21 heavy (non-hydrogen) atoms. The normalized spacial score (nSPS) is 10.1. The highest BCUT2D eigenvalue weighted by Gasteiger charge is 2.01. The molecule has 0 aliphatic rings. The summed E-state index contributed by atoms with van der Waals surface area (Å²) >= 11 is 3.37. The van der Waals surface area contributed by atoms with E-state index in [1.54, 1.807) is 0 Å². The number of nitrogens with one attached hydrogen (secondary N) is 1. The van der Waals surface area contributed by atoms with Gasteiger partial charge in [-0.1, -0.05) is 46.3 Å². The molecule has 0 atom stereocenters. The van der Waals surface area contributed by atoms with Crippen LogP contribution < -0.4 is 10.1 Å². The Bertz CT molecular complexity index is 555. The monoisotopic (exact) mass is 347 g/mol. The van der Waals surface area contributed by atoms with E-state index in [-0.39, 0.29) is 5.91 Å². The highest BCUT2D eigenvalue weighted by Crippen LogP contribution is 2.15. The van der Waals surface area contributed by atoms with E-state index in [2.05, 4.69) is 21.2 Å². The van der Waals surface area contributed by atoms with Crippen molar-refractivity contribution < 1.29 is 9.53 Å². The van der Waals surface area contributed by atoms with Crippen LogP contribution in [0.25, 0.3) is 0 Å². The van der Waals surface area contributed by atoms with Crippen LogP contribution in [-0.4, -0.2) is 19.1 Å². The Morgan fingerprint density at radius 1 is 1.05 bits per heavy atom. The second-order valence-electron chi connectivity index (χ2n) is 4.64. The van der Waals surface area contributed by atoms with Crippen LogP contribution in [0.3, 0.4) is 0 Å². The van der Waals surface area contributed by atoms with Crippen LogP contribution in [-0.2, 0) is 11.2 Å². The first-order chi connectivity index (χ1) is 10.2. The van der Waals surface area contributed by atoms with Gasteiger partial charge in [0.25, 0.3) is 0 Å². The fourth-order valence-electron chi connectivity index (χ4n) is 1.88. The second kappa shape index (κ2) is 8.47. The minimum atomic E-state index is 0.0539. The van der Waals surface area contributed by atoms with Crippen molar-refractivity contribution in [1.82, 2.24) is 5.32 Å². The standard InChI is InChI=1S/C17H18BrNO2/c18-15-7-9-16(10-8-15)21-13-12-19-17(20)11-6-14-4-2-1-3-5-14/h1-5,7-10H,6,11-13H2,(H,19,20). The number of amides is 1. The zero-order chi connectivity index (χ0) is 14.9. The summed E-state index contributed by atoms with van der Waals surface area (Å²) in [6, 6.07) is 17.6. The summed E-state index contributed by atoms with van der Waals surface area (Å²) < 4.78 is 6.56. The quantitative estimate of drug-likeness (QED) is 0.777. The molecule has 1 amide bonds. The average Bonchev–Trinajstić information content (AvgIpc) is 2.52. The molecule has 1 N–H and O–H groups in total. The van der Waals surface area contributed by atoms with E-state index in [4.69, 9.17) is 4.74 Å². The van der Waals surface area contributed by atoms with E-state index in [0.717, 1.165) is 16.6 Å². The lowest BCUT2D eigenvalue weighted by Crippen LogP contribution is -2.28. The number of carbonyl (C=O) groups is 1. The number of ether oxygens (including phenoxy) is 1. The number of aryl methyl sites for hydroxylation is 1. The first kappa shape index (κ1) is 15.6. The van der Waals surface area contributed by atoms with Gasteiger partial charge in [0.2, 0.25) is 5.91 Å². The summed E-state index contributed by atoms with van der Waals surface area (Å²) in [5.41, 5.74) is 1.18. The molecule has 0 saturated carbocycles. The van der Waals surface area contributed by atoms with Gasteiger partial charge in [-0.2, -0.15) is 0 Å². The van der Waals surface area contributed by atoms with Crippen molar-refractivity contribution in [2.24, 2.45) is 0 Å². The van der Waals surface area contributed by atoms with Crippen LogP contribution in [0, 0.1) is 0 Å². The van der Waals surface area contributed by atoms with Gasteiger partial charge in [0.05, 0.1) is 6.54 Å². The molecule has 3 nitrogen and oxygen atoms in total. The van der Waals surface area contributed by atoms with Gasteiger partial charge in [0.15, 0.2) is 0 Å². The molecular weight excluding hydrogens is 330 g/mol. The van der Waals surface area contributed by atoms with E-state index < -0.39 is 0 Å². The molecule has 0 radical (unpaired) electrons. The molecule has 2 rings (SSSR count). The molecular formula is C17H18BrNO2. The summed E-state index contributed by atoms with van der Waals surface area (Å²) in [6.45, 7) is 0.988. The molecule has 0 unspecified atom stereocenters. The Morgan fingerprint density at radius 2 is 1.76 bits per heavy atom. The summed E-state index contributed by atoms with van der Waals surface area (Å²) in [4.78, 5) is 11.7. The first-order valence-electron chi connectivity index (χ1n) is 6.93. The van der Waals surface area contributed by atoms with Gasteiger partial charge in [0.1, 0.15) is 12.4 Å². The summed E-state index contributed by atoms with van der Waals surface area (Å²) in [5.74, 6) is 0.856.